The van der Waals surface area contributed by atoms with E-state index in [4.69, 9.17) is 10.5 Å². The van der Waals surface area contributed by atoms with Crippen molar-refractivity contribution in [3.8, 4) is 5.75 Å². The third-order valence-electron chi connectivity index (χ3n) is 4.01. The van der Waals surface area contributed by atoms with Gasteiger partial charge in [-0.1, -0.05) is 12.1 Å². The molecule has 0 amide bonds. The summed E-state index contributed by atoms with van der Waals surface area (Å²) in [4.78, 5) is 2.19. The summed E-state index contributed by atoms with van der Waals surface area (Å²) in [5.41, 5.74) is 7.25. The maximum absolute atomic E-state index is 11.8. The van der Waals surface area contributed by atoms with Gasteiger partial charge in [0.15, 0.2) is 9.84 Å². The molecule has 1 fully saturated rings. The van der Waals surface area contributed by atoms with E-state index in [1.165, 1.54) is 0 Å². The first-order valence-electron chi connectivity index (χ1n) is 7.20. The lowest BCUT2D eigenvalue weighted by Crippen LogP contribution is -2.52. The fourth-order valence-electron chi connectivity index (χ4n) is 3.05. The van der Waals surface area contributed by atoms with E-state index in [9.17, 15) is 8.42 Å². The zero-order valence-electron chi connectivity index (χ0n) is 12.8. The molecule has 3 atom stereocenters. The summed E-state index contributed by atoms with van der Waals surface area (Å²) in [6, 6.07) is 7.69. The summed E-state index contributed by atoms with van der Waals surface area (Å²) >= 11 is 0. The molecular weight excluding hydrogens is 288 g/mol. The van der Waals surface area contributed by atoms with Crippen LogP contribution < -0.4 is 10.5 Å². The minimum Gasteiger partial charge on any atom is -0.497 e. The van der Waals surface area contributed by atoms with Crippen LogP contribution in [-0.2, 0) is 9.84 Å². The Balaban J connectivity index is 2.31. The molecule has 1 aromatic carbocycles. The Bertz CT molecular complexity index is 586. The monoisotopic (exact) mass is 312 g/mol. The van der Waals surface area contributed by atoms with Crippen LogP contribution in [0.3, 0.4) is 0 Å². The number of methoxy groups -OCH3 is 1. The fourth-order valence-corrected chi connectivity index (χ4v) is 4.63. The summed E-state index contributed by atoms with van der Waals surface area (Å²) in [5, 5.41) is 0. The number of nitrogens with zero attached hydrogens (tertiary/aromatic N) is 1. The SMILES string of the molecule is COc1cccc(C(C(C)N)N2CCS(=O)(=O)CC2C)c1. The Labute approximate surface area is 127 Å². The van der Waals surface area contributed by atoms with Crippen molar-refractivity contribution in [3.63, 3.8) is 0 Å². The van der Waals surface area contributed by atoms with E-state index in [2.05, 4.69) is 4.90 Å². The lowest BCUT2D eigenvalue weighted by atomic mass is 9.97. The van der Waals surface area contributed by atoms with E-state index in [1.807, 2.05) is 38.1 Å². The Morgan fingerprint density at radius 1 is 1.43 bits per heavy atom. The highest BCUT2D eigenvalue weighted by atomic mass is 32.2. The molecule has 0 bridgehead atoms. The highest BCUT2D eigenvalue weighted by Crippen LogP contribution is 2.30. The van der Waals surface area contributed by atoms with Crippen LogP contribution in [0.1, 0.15) is 25.5 Å². The number of ether oxygens (including phenoxy) is 1. The highest BCUT2D eigenvalue weighted by molar-refractivity contribution is 7.91. The van der Waals surface area contributed by atoms with Crippen molar-refractivity contribution >= 4 is 9.84 Å². The summed E-state index contributed by atoms with van der Waals surface area (Å²) in [6.07, 6.45) is 0. The molecule has 1 saturated heterocycles. The molecular formula is C15H24N2O3S. The maximum atomic E-state index is 11.8. The van der Waals surface area contributed by atoms with Crippen LogP contribution in [0.25, 0.3) is 0 Å². The number of hydrogen-bond donors (Lipinski definition) is 1. The minimum absolute atomic E-state index is 0.00870. The summed E-state index contributed by atoms with van der Waals surface area (Å²) in [5.74, 6) is 1.18. The van der Waals surface area contributed by atoms with E-state index < -0.39 is 9.84 Å². The van der Waals surface area contributed by atoms with Crippen molar-refractivity contribution in [1.29, 1.82) is 0 Å². The largest absolute Gasteiger partial charge is 0.497 e. The average Bonchev–Trinajstić information content (AvgIpc) is 2.41. The summed E-state index contributed by atoms with van der Waals surface area (Å²) < 4.78 is 28.8. The van der Waals surface area contributed by atoms with Gasteiger partial charge in [0.25, 0.3) is 0 Å². The second kappa shape index (κ2) is 6.34. The zero-order valence-corrected chi connectivity index (χ0v) is 13.6. The van der Waals surface area contributed by atoms with E-state index >= 15 is 0 Å². The van der Waals surface area contributed by atoms with Crippen LogP contribution in [0.5, 0.6) is 5.75 Å². The van der Waals surface area contributed by atoms with Gasteiger partial charge in [-0.3, -0.25) is 4.90 Å². The van der Waals surface area contributed by atoms with Crippen LogP contribution in [0.2, 0.25) is 0 Å². The molecule has 1 aromatic rings. The predicted molar refractivity (Wildman–Crippen MR) is 84.2 cm³/mol. The molecule has 3 unspecified atom stereocenters. The van der Waals surface area contributed by atoms with E-state index in [-0.39, 0.29) is 29.6 Å². The molecule has 0 radical (unpaired) electrons. The topological polar surface area (TPSA) is 72.6 Å². The Morgan fingerprint density at radius 3 is 2.71 bits per heavy atom. The standard InChI is InChI=1S/C15H24N2O3S/c1-11-10-21(18,19)8-7-17(11)15(12(2)16)13-5-4-6-14(9-13)20-3/h4-6,9,11-12,15H,7-8,10,16H2,1-3H3. The summed E-state index contributed by atoms with van der Waals surface area (Å²) in [7, 11) is -1.29. The molecule has 6 heteroatoms. The van der Waals surface area contributed by atoms with Gasteiger partial charge in [-0.15, -0.1) is 0 Å². The van der Waals surface area contributed by atoms with Gasteiger partial charge in [-0.25, -0.2) is 8.42 Å². The molecule has 0 aromatic heterocycles. The number of sulfone groups is 1. The molecule has 2 N–H and O–H groups in total. The minimum atomic E-state index is -2.93. The second-order valence-corrected chi connectivity index (χ2v) is 8.01. The van der Waals surface area contributed by atoms with Crippen molar-refractivity contribution in [2.75, 3.05) is 25.2 Å². The Morgan fingerprint density at radius 2 is 2.14 bits per heavy atom. The van der Waals surface area contributed by atoms with Gasteiger partial charge in [-0.05, 0) is 31.5 Å². The molecule has 0 aliphatic carbocycles. The van der Waals surface area contributed by atoms with Gasteiger partial charge in [0, 0.05) is 18.6 Å². The Hall–Kier alpha value is -1.11. The third-order valence-corrected chi connectivity index (χ3v) is 5.81. The smallest absolute Gasteiger partial charge is 0.153 e. The molecule has 21 heavy (non-hydrogen) atoms. The molecule has 0 spiro atoms. The van der Waals surface area contributed by atoms with Crippen LogP contribution >= 0.6 is 0 Å². The van der Waals surface area contributed by atoms with Gasteiger partial charge >= 0.3 is 0 Å². The fraction of sp³-hybridized carbons (Fsp3) is 0.600. The Kier molecular flexibility index (Phi) is 4.91. The lowest BCUT2D eigenvalue weighted by molar-refractivity contribution is 0.140. The summed E-state index contributed by atoms with van der Waals surface area (Å²) in [6.45, 7) is 4.43. The first kappa shape index (κ1) is 16.3. The zero-order chi connectivity index (χ0) is 15.6. The van der Waals surface area contributed by atoms with E-state index in [1.54, 1.807) is 7.11 Å². The highest BCUT2D eigenvalue weighted by Gasteiger charge is 2.35. The first-order valence-corrected chi connectivity index (χ1v) is 9.02. The molecule has 1 aliphatic rings. The van der Waals surface area contributed by atoms with Crippen LogP contribution in [0, 0.1) is 0 Å². The molecule has 0 saturated carbocycles. The van der Waals surface area contributed by atoms with E-state index in [0.29, 0.717) is 6.54 Å². The van der Waals surface area contributed by atoms with Crippen LogP contribution in [-0.4, -0.2) is 50.6 Å². The molecule has 1 aliphatic heterocycles. The average molecular weight is 312 g/mol. The number of benzene rings is 1. The lowest BCUT2D eigenvalue weighted by Gasteiger charge is -2.41. The van der Waals surface area contributed by atoms with Gasteiger partial charge in [0.2, 0.25) is 0 Å². The normalized spacial score (nSPS) is 25.2. The second-order valence-electron chi connectivity index (χ2n) is 5.78. The third kappa shape index (κ3) is 3.75. The van der Waals surface area contributed by atoms with Crippen molar-refractivity contribution in [2.24, 2.45) is 5.73 Å². The van der Waals surface area contributed by atoms with Gasteiger partial charge in [0.05, 0.1) is 24.7 Å². The first-order chi connectivity index (χ1) is 9.84. The van der Waals surface area contributed by atoms with Crippen molar-refractivity contribution in [2.45, 2.75) is 32.0 Å². The molecule has 2 rings (SSSR count). The predicted octanol–water partition coefficient (Wildman–Crippen LogP) is 1.20. The molecule has 118 valence electrons. The maximum Gasteiger partial charge on any atom is 0.153 e. The van der Waals surface area contributed by atoms with Gasteiger partial charge < -0.3 is 10.5 Å². The van der Waals surface area contributed by atoms with Crippen LogP contribution in [0.15, 0.2) is 24.3 Å². The van der Waals surface area contributed by atoms with Crippen molar-refractivity contribution in [3.05, 3.63) is 29.8 Å². The van der Waals surface area contributed by atoms with Crippen molar-refractivity contribution < 1.29 is 13.2 Å². The number of nitrogens with two attached hydrogens (primary N) is 1. The van der Waals surface area contributed by atoms with E-state index in [0.717, 1.165) is 11.3 Å². The molecule has 1 heterocycles. The molecule has 5 nitrogen and oxygen atoms in total. The number of rotatable bonds is 4. The van der Waals surface area contributed by atoms with Gasteiger partial charge in [0.1, 0.15) is 5.75 Å². The van der Waals surface area contributed by atoms with Crippen molar-refractivity contribution in [1.82, 2.24) is 4.90 Å². The number of hydrogen-bond acceptors (Lipinski definition) is 5. The quantitative estimate of drug-likeness (QED) is 0.904. The van der Waals surface area contributed by atoms with Gasteiger partial charge in [-0.2, -0.15) is 0 Å². The van der Waals surface area contributed by atoms with Crippen LogP contribution in [0.4, 0.5) is 0 Å².